The van der Waals surface area contributed by atoms with Gasteiger partial charge in [0.25, 0.3) is 0 Å². The van der Waals surface area contributed by atoms with E-state index < -0.39 is 6.10 Å². The first-order chi connectivity index (χ1) is 9.69. The van der Waals surface area contributed by atoms with Crippen LogP contribution in [0.1, 0.15) is 63.9 Å². The van der Waals surface area contributed by atoms with Crippen molar-refractivity contribution in [2.24, 2.45) is 5.92 Å². The van der Waals surface area contributed by atoms with Gasteiger partial charge in [0.1, 0.15) is 12.4 Å². The molecule has 0 aliphatic heterocycles. The highest BCUT2D eigenvalue weighted by atomic mass is 16.5. The Kier molecular flexibility index (Phi) is 5.90. The molecule has 0 radical (unpaired) electrons. The first kappa shape index (κ1) is 15.4. The first-order valence-electron chi connectivity index (χ1n) is 8.09. The van der Waals surface area contributed by atoms with E-state index in [0.29, 0.717) is 6.61 Å². The molecule has 1 aromatic carbocycles. The van der Waals surface area contributed by atoms with E-state index in [9.17, 15) is 5.11 Å². The van der Waals surface area contributed by atoms with Crippen LogP contribution in [0.2, 0.25) is 0 Å². The quantitative estimate of drug-likeness (QED) is 0.827. The fourth-order valence-corrected chi connectivity index (χ4v) is 3.25. The molecule has 1 aromatic rings. The lowest BCUT2D eigenvalue weighted by molar-refractivity contribution is 0.122. The van der Waals surface area contributed by atoms with Crippen molar-refractivity contribution in [2.45, 2.75) is 64.4 Å². The standard InChI is InChI=1S/C18H28O2/c1-3-4-15-5-7-16(8-6-15)17-9-11-18(12-10-17)20-13-14(2)19/h9-12,14-16,19H,3-8,13H2,1-2H3. The van der Waals surface area contributed by atoms with Crippen molar-refractivity contribution in [1.82, 2.24) is 0 Å². The summed E-state index contributed by atoms with van der Waals surface area (Å²) in [6.45, 7) is 4.39. The van der Waals surface area contributed by atoms with Crippen molar-refractivity contribution >= 4 is 0 Å². The predicted molar refractivity (Wildman–Crippen MR) is 83.2 cm³/mol. The number of ether oxygens (including phenoxy) is 1. The van der Waals surface area contributed by atoms with Crippen LogP contribution in [0.3, 0.4) is 0 Å². The molecule has 1 saturated carbocycles. The summed E-state index contributed by atoms with van der Waals surface area (Å²) in [7, 11) is 0. The summed E-state index contributed by atoms with van der Waals surface area (Å²) in [6.07, 6.45) is 7.75. The maximum atomic E-state index is 9.22. The van der Waals surface area contributed by atoms with Gasteiger partial charge in [0, 0.05) is 0 Å². The van der Waals surface area contributed by atoms with Crippen LogP contribution in [-0.2, 0) is 0 Å². The largest absolute Gasteiger partial charge is 0.491 e. The topological polar surface area (TPSA) is 29.5 Å². The van der Waals surface area contributed by atoms with E-state index in [0.717, 1.165) is 17.6 Å². The summed E-state index contributed by atoms with van der Waals surface area (Å²) < 4.78 is 5.51. The van der Waals surface area contributed by atoms with Crippen molar-refractivity contribution in [2.75, 3.05) is 6.61 Å². The maximum absolute atomic E-state index is 9.22. The molecule has 0 spiro atoms. The van der Waals surface area contributed by atoms with E-state index in [1.165, 1.54) is 44.1 Å². The minimum atomic E-state index is -0.413. The van der Waals surface area contributed by atoms with Crippen LogP contribution in [0, 0.1) is 5.92 Å². The molecule has 0 bridgehead atoms. The first-order valence-corrected chi connectivity index (χ1v) is 8.09. The smallest absolute Gasteiger partial charge is 0.119 e. The average Bonchev–Trinajstić information content (AvgIpc) is 2.47. The molecule has 1 atom stereocenters. The van der Waals surface area contributed by atoms with Gasteiger partial charge >= 0.3 is 0 Å². The van der Waals surface area contributed by atoms with Gasteiger partial charge in [0.05, 0.1) is 6.10 Å². The van der Waals surface area contributed by atoms with Gasteiger partial charge in [0.15, 0.2) is 0 Å². The lowest BCUT2D eigenvalue weighted by Crippen LogP contribution is -2.14. The Balaban J connectivity index is 1.84. The van der Waals surface area contributed by atoms with E-state index in [2.05, 4.69) is 19.1 Å². The number of aliphatic hydroxyl groups excluding tert-OH is 1. The number of rotatable bonds is 6. The zero-order valence-corrected chi connectivity index (χ0v) is 12.8. The number of hydrogen-bond acceptors (Lipinski definition) is 2. The molecule has 0 heterocycles. The van der Waals surface area contributed by atoms with Crippen molar-refractivity contribution < 1.29 is 9.84 Å². The van der Waals surface area contributed by atoms with Crippen molar-refractivity contribution in [3.05, 3.63) is 29.8 Å². The van der Waals surface area contributed by atoms with Crippen LogP contribution in [0.25, 0.3) is 0 Å². The molecule has 1 N–H and O–H groups in total. The summed E-state index contributed by atoms with van der Waals surface area (Å²) in [5.41, 5.74) is 1.45. The number of aliphatic hydroxyl groups is 1. The second kappa shape index (κ2) is 7.68. The summed E-state index contributed by atoms with van der Waals surface area (Å²) in [5.74, 6) is 2.55. The van der Waals surface area contributed by atoms with Crippen LogP contribution < -0.4 is 4.74 Å². The van der Waals surface area contributed by atoms with Gasteiger partial charge < -0.3 is 9.84 Å². The molecule has 1 aliphatic carbocycles. The molecule has 20 heavy (non-hydrogen) atoms. The second-order valence-corrected chi connectivity index (χ2v) is 6.24. The normalized spacial score (nSPS) is 24.4. The maximum Gasteiger partial charge on any atom is 0.119 e. The van der Waals surface area contributed by atoms with Gasteiger partial charge in [-0.05, 0) is 62.1 Å². The van der Waals surface area contributed by atoms with Crippen LogP contribution in [0.5, 0.6) is 5.75 Å². The Bertz CT molecular complexity index is 375. The fourth-order valence-electron chi connectivity index (χ4n) is 3.25. The van der Waals surface area contributed by atoms with Gasteiger partial charge in [-0.15, -0.1) is 0 Å². The van der Waals surface area contributed by atoms with E-state index in [4.69, 9.17) is 4.74 Å². The highest BCUT2D eigenvalue weighted by molar-refractivity contribution is 5.29. The summed E-state index contributed by atoms with van der Waals surface area (Å²) in [6, 6.07) is 8.47. The molecule has 1 aliphatic rings. The molecule has 2 heteroatoms. The molecule has 0 amide bonds. The summed E-state index contributed by atoms with van der Waals surface area (Å²) >= 11 is 0. The average molecular weight is 276 g/mol. The van der Waals surface area contributed by atoms with Gasteiger partial charge in [-0.25, -0.2) is 0 Å². The number of benzene rings is 1. The lowest BCUT2D eigenvalue weighted by atomic mass is 9.77. The van der Waals surface area contributed by atoms with Crippen LogP contribution in [0.15, 0.2) is 24.3 Å². The van der Waals surface area contributed by atoms with E-state index in [1.807, 2.05) is 12.1 Å². The van der Waals surface area contributed by atoms with Crippen molar-refractivity contribution in [3.8, 4) is 5.75 Å². The Morgan fingerprint density at radius 3 is 2.35 bits per heavy atom. The fraction of sp³-hybridized carbons (Fsp3) is 0.667. The molecule has 1 unspecified atom stereocenters. The summed E-state index contributed by atoms with van der Waals surface area (Å²) in [5, 5.41) is 9.22. The predicted octanol–water partition coefficient (Wildman–Crippen LogP) is 4.52. The molecule has 0 aromatic heterocycles. The Morgan fingerprint density at radius 2 is 1.80 bits per heavy atom. The van der Waals surface area contributed by atoms with Gasteiger partial charge in [-0.3, -0.25) is 0 Å². The number of hydrogen-bond donors (Lipinski definition) is 1. The third kappa shape index (κ3) is 4.52. The van der Waals surface area contributed by atoms with Gasteiger partial charge in [0.2, 0.25) is 0 Å². The van der Waals surface area contributed by atoms with E-state index in [-0.39, 0.29) is 0 Å². The Hall–Kier alpha value is -1.02. The zero-order valence-electron chi connectivity index (χ0n) is 12.8. The third-order valence-electron chi connectivity index (χ3n) is 4.39. The minimum absolute atomic E-state index is 0.363. The molecular formula is C18H28O2. The lowest BCUT2D eigenvalue weighted by Gasteiger charge is -2.28. The molecule has 2 rings (SSSR count). The molecule has 112 valence electrons. The van der Waals surface area contributed by atoms with Crippen LogP contribution >= 0.6 is 0 Å². The monoisotopic (exact) mass is 276 g/mol. The van der Waals surface area contributed by atoms with Gasteiger partial charge in [-0.2, -0.15) is 0 Å². The zero-order chi connectivity index (χ0) is 14.4. The Labute approximate surface area is 123 Å². The molecule has 0 saturated heterocycles. The van der Waals surface area contributed by atoms with Crippen LogP contribution in [-0.4, -0.2) is 17.8 Å². The minimum Gasteiger partial charge on any atom is -0.491 e. The van der Waals surface area contributed by atoms with Crippen LogP contribution in [0.4, 0.5) is 0 Å². The van der Waals surface area contributed by atoms with E-state index in [1.54, 1.807) is 6.92 Å². The van der Waals surface area contributed by atoms with Crippen molar-refractivity contribution in [3.63, 3.8) is 0 Å². The highest BCUT2D eigenvalue weighted by Gasteiger charge is 2.21. The highest BCUT2D eigenvalue weighted by Crippen LogP contribution is 2.37. The van der Waals surface area contributed by atoms with Crippen molar-refractivity contribution in [1.29, 1.82) is 0 Å². The molecular weight excluding hydrogens is 248 g/mol. The SMILES string of the molecule is CCCC1CCC(c2ccc(OCC(C)O)cc2)CC1. The third-order valence-corrected chi connectivity index (χ3v) is 4.39. The second-order valence-electron chi connectivity index (χ2n) is 6.24. The van der Waals surface area contributed by atoms with Gasteiger partial charge in [-0.1, -0.05) is 31.9 Å². The molecule has 2 nitrogen and oxygen atoms in total. The summed E-state index contributed by atoms with van der Waals surface area (Å²) in [4.78, 5) is 0. The Morgan fingerprint density at radius 1 is 1.15 bits per heavy atom. The van der Waals surface area contributed by atoms with E-state index >= 15 is 0 Å². The molecule has 1 fully saturated rings.